The van der Waals surface area contributed by atoms with Crippen LogP contribution in [-0.2, 0) is 4.79 Å². The van der Waals surface area contributed by atoms with Crippen LogP contribution in [0.2, 0.25) is 5.02 Å². The summed E-state index contributed by atoms with van der Waals surface area (Å²) in [5.41, 5.74) is 0.908. The Labute approximate surface area is 167 Å². The zero-order chi connectivity index (χ0) is 18.3. The van der Waals surface area contributed by atoms with Gasteiger partial charge in [0.1, 0.15) is 6.54 Å². The van der Waals surface area contributed by atoms with Crippen LogP contribution in [0.3, 0.4) is 0 Å². The molecule has 0 aliphatic carbocycles. The highest BCUT2D eigenvalue weighted by molar-refractivity contribution is 14.0. The number of hydrogen-bond donors (Lipinski definition) is 2. The average molecular weight is 493 g/mol. The van der Waals surface area contributed by atoms with Crippen molar-refractivity contribution in [2.75, 3.05) is 27.2 Å². The fraction of sp³-hybridized carbons (Fsp3) is 0.467. The molecule has 0 saturated heterocycles. The standard InChI is InChI=1S/C15H20ClF3N4O.HI/c1-10(11-5-4-6-12(16)7-11)22-14(20-2)21-8-13(24)23(3)9-15(17,18)19;/h4-7,10H,8-9H2,1-3H3,(H2,20,21,22);1H. The van der Waals surface area contributed by atoms with Crippen molar-refractivity contribution in [2.45, 2.75) is 19.1 Å². The molecule has 0 fully saturated rings. The second kappa shape index (κ2) is 10.7. The molecule has 10 heteroatoms. The molecule has 2 N–H and O–H groups in total. The first-order chi connectivity index (χ1) is 11.1. The number of halogens is 5. The van der Waals surface area contributed by atoms with E-state index in [0.29, 0.717) is 15.9 Å². The Bertz CT molecular complexity index is 598. The van der Waals surface area contributed by atoms with E-state index in [0.717, 1.165) is 12.6 Å². The summed E-state index contributed by atoms with van der Waals surface area (Å²) in [4.78, 5) is 16.3. The minimum atomic E-state index is -4.43. The molecule has 0 radical (unpaired) electrons. The Morgan fingerprint density at radius 3 is 2.56 bits per heavy atom. The van der Waals surface area contributed by atoms with Gasteiger partial charge in [0.25, 0.3) is 0 Å². The van der Waals surface area contributed by atoms with Crippen LogP contribution in [-0.4, -0.2) is 50.1 Å². The first kappa shape index (κ1) is 23.8. The third kappa shape index (κ3) is 9.15. The summed E-state index contributed by atoms with van der Waals surface area (Å²) in [6.45, 7) is 0.281. The van der Waals surface area contributed by atoms with Crippen molar-refractivity contribution in [1.29, 1.82) is 0 Å². The van der Waals surface area contributed by atoms with Crippen LogP contribution in [0.5, 0.6) is 0 Å². The van der Waals surface area contributed by atoms with Crippen molar-refractivity contribution in [3.05, 3.63) is 34.9 Å². The second-order valence-corrected chi connectivity index (χ2v) is 5.65. The minimum absolute atomic E-state index is 0. The maximum absolute atomic E-state index is 12.3. The molecule has 0 spiro atoms. The molecule has 0 bridgehead atoms. The van der Waals surface area contributed by atoms with E-state index < -0.39 is 18.6 Å². The molecule has 1 aromatic carbocycles. The summed E-state index contributed by atoms with van der Waals surface area (Å²) in [7, 11) is 2.60. The molecule has 0 aliphatic rings. The van der Waals surface area contributed by atoms with E-state index in [9.17, 15) is 18.0 Å². The SMILES string of the molecule is CN=C(NCC(=O)N(C)CC(F)(F)F)NC(C)c1cccc(Cl)c1.I. The molecule has 142 valence electrons. The molecule has 0 heterocycles. The predicted octanol–water partition coefficient (Wildman–Crippen LogP) is 3.20. The zero-order valence-electron chi connectivity index (χ0n) is 14.0. The smallest absolute Gasteiger partial charge is 0.350 e. The molecule has 1 unspecified atom stereocenters. The molecule has 0 aliphatic heterocycles. The first-order valence-corrected chi connectivity index (χ1v) is 7.53. The highest BCUT2D eigenvalue weighted by Crippen LogP contribution is 2.17. The van der Waals surface area contributed by atoms with Gasteiger partial charge in [0.2, 0.25) is 5.91 Å². The molecule has 25 heavy (non-hydrogen) atoms. The van der Waals surface area contributed by atoms with Gasteiger partial charge in [0.05, 0.1) is 12.6 Å². The molecule has 5 nitrogen and oxygen atoms in total. The molecule has 0 aromatic heterocycles. The van der Waals surface area contributed by atoms with Gasteiger partial charge in [-0.3, -0.25) is 9.79 Å². The van der Waals surface area contributed by atoms with E-state index in [1.807, 2.05) is 19.1 Å². The number of nitrogens with zero attached hydrogens (tertiary/aromatic N) is 2. The normalized spacial score (nSPS) is 12.8. The van der Waals surface area contributed by atoms with Crippen molar-refractivity contribution in [3.8, 4) is 0 Å². The van der Waals surface area contributed by atoms with Gasteiger partial charge in [-0.2, -0.15) is 13.2 Å². The highest BCUT2D eigenvalue weighted by atomic mass is 127. The Balaban J connectivity index is 0.00000576. The van der Waals surface area contributed by atoms with Crippen molar-refractivity contribution in [1.82, 2.24) is 15.5 Å². The van der Waals surface area contributed by atoms with Crippen LogP contribution >= 0.6 is 35.6 Å². The fourth-order valence-electron chi connectivity index (χ4n) is 1.91. The van der Waals surface area contributed by atoms with Crippen LogP contribution < -0.4 is 10.6 Å². The van der Waals surface area contributed by atoms with E-state index in [4.69, 9.17) is 11.6 Å². The number of nitrogens with one attached hydrogen (secondary N) is 2. The van der Waals surface area contributed by atoms with Gasteiger partial charge in [-0.1, -0.05) is 23.7 Å². The number of guanidine groups is 1. The van der Waals surface area contributed by atoms with Gasteiger partial charge < -0.3 is 15.5 Å². The second-order valence-electron chi connectivity index (χ2n) is 5.21. The van der Waals surface area contributed by atoms with Gasteiger partial charge in [-0.05, 0) is 24.6 Å². The van der Waals surface area contributed by atoms with Crippen molar-refractivity contribution >= 4 is 47.4 Å². The van der Waals surface area contributed by atoms with Crippen LogP contribution in [0.25, 0.3) is 0 Å². The molecule has 1 aromatic rings. The number of carbonyl (C=O) groups excluding carboxylic acids is 1. The molecular weight excluding hydrogens is 472 g/mol. The Hall–Kier alpha value is -1.23. The van der Waals surface area contributed by atoms with Gasteiger partial charge in [0, 0.05) is 19.1 Å². The average Bonchev–Trinajstić information content (AvgIpc) is 2.49. The monoisotopic (exact) mass is 492 g/mol. The number of rotatable bonds is 5. The predicted molar refractivity (Wildman–Crippen MR) is 103 cm³/mol. The quantitative estimate of drug-likeness (QED) is 0.377. The van der Waals surface area contributed by atoms with E-state index in [-0.39, 0.29) is 36.6 Å². The van der Waals surface area contributed by atoms with Gasteiger partial charge in [-0.15, -0.1) is 24.0 Å². The molecule has 1 atom stereocenters. The van der Waals surface area contributed by atoms with Crippen molar-refractivity contribution in [2.24, 2.45) is 4.99 Å². The highest BCUT2D eigenvalue weighted by Gasteiger charge is 2.31. The zero-order valence-corrected chi connectivity index (χ0v) is 17.1. The number of hydrogen-bond acceptors (Lipinski definition) is 2. The number of aliphatic imine (C=N–C) groups is 1. The molecule has 1 rings (SSSR count). The lowest BCUT2D eigenvalue weighted by atomic mass is 10.1. The lowest BCUT2D eigenvalue weighted by Crippen LogP contribution is -2.46. The maximum atomic E-state index is 12.3. The lowest BCUT2D eigenvalue weighted by molar-refractivity contribution is -0.157. The van der Waals surface area contributed by atoms with Crippen LogP contribution in [0, 0.1) is 0 Å². The number of carbonyl (C=O) groups is 1. The van der Waals surface area contributed by atoms with E-state index in [1.165, 1.54) is 7.05 Å². The number of amides is 1. The Kier molecular flexibility index (Phi) is 10.2. The third-order valence-corrected chi connectivity index (χ3v) is 3.41. The summed E-state index contributed by atoms with van der Waals surface area (Å²) >= 11 is 5.93. The van der Waals surface area contributed by atoms with E-state index in [1.54, 1.807) is 12.1 Å². The first-order valence-electron chi connectivity index (χ1n) is 7.15. The topological polar surface area (TPSA) is 56.7 Å². The molecule has 0 saturated carbocycles. The fourth-order valence-corrected chi connectivity index (χ4v) is 2.11. The van der Waals surface area contributed by atoms with E-state index in [2.05, 4.69) is 15.6 Å². The van der Waals surface area contributed by atoms with Gasteiger partial charge >= 0.3 is 6.18 Å². The van der Waals surface area contributed by atoms with Crippen LogP contribution in [0.4, 0.5) is 13.2 Å². The Morgan fingerprint density at radius 1 is 1.40 bits per heavy atom. The van der Waals surface area contributed by atoms with E-state index >= 15 is 0 Å². The largest absolute Gasteiger partial charge is 0.406 e. The summed E-state index contributed by atoms with van der Waals surface area (Å²) in [6.07, 6.45) is -4.43. The molecular formula is C15H21ClF3IN4O. The van der Waals surface area contributed by atoms with Crippen LogP contribution in [0.15, 0.2) is 29.3 Å². The van der Waals surface area contributed by atoms with Gasteiger partial charge in [0.15, 0.2) is 5.96 Å². The summed E-state index contributed by atoms with van der Waals surface area (Å²) in [6, 6.07) is 7.06. The summed E-state index contributed by atoms with van der Waals surface area (Å²) in [5.74, 6) is -0.387. The number of likely N-dealkylation sites (N-methyl/N-ethyl adjacent to an activating group) is 1. The minimum Gasteiger partial charge on any atom is -0.350 e. The molecule has 1 amide bonds. The van der Waals surface area contributed by atoms with Crippen LogP contribution in [0.1, 0.15) is 18.5 Å². The Morgan fingerprint density at radius 2 is 2.04 bits per heavy atom. The summed E-state index contributed by atoms with van der Waals surface area (Å²) < 4.78 is 36.8. The maximum Gasteiger partial charge on any atom is 0.406 e. The number of benzene rings is 1. The number of alkyl halides is 3. The third-order valence-electron chi connectivity index (χ3n) is 3.17. The van der Waals surface area contributed by atoms with Crippen molar-refractivity contribution < 1.29 is 18.0 Å². The van der Waals surface area contributed by atoms with Crippen molar-refractivity contribution in [3.63, 3.8) is 0 Å². The lowest BCUT2D eigenvalue weighted by Gasteiger charge is -2.21. The summed E-state index contributed by atoms with van der Waals surface area (Å²) in [5, 5.41) is 6.33. The van der Waals surface area contributed by atoms with Gasteiger partial charge in [-0.25, -0.2) is 0 Å².